The zero-order valence-electron chi connectivity index (χ0n) is 20.0. The molecular weight excluding hydrogens is 517 g/mol. The van der Waals surface area contributed by atoms with Gasteiger partial charge in [-0.15, -0.1) is 0 Å². The van der Waals surface area contributed by atoms with Crippen LogP contribution in [0.3, 0.4) is 0 Å². The number of benzene rings is 3. The minimum atomic E-state index is -0.438. The molecule has 4 rings (SSSR count). The van der Waals surface area contributed by atoms with Gasteiger partial charge in [-0.25, -0.2) is 0 Å². The Labute approximate surface area is 224 Å². The molecule has 0 unspecified atom stereocenters. The highest BCUT2D eigenvalue weighted by molar-refractivity contribution is 6.42. The highest BCUT2D eigenvalue weighted by atomic mass is 35.5. The van der Waals surface area contributed by atoms with E-state index >= 15 is 0 Å². The van der Waals surface area contributed by atoms with E-state index in [-0.39, 0.29) is 30.7 Å². The molecule has 8 nitrogen and oxygen atoms in total. The van der Waals surface area contributed by atoms with Crippen molar-refractivity contribution in [2.24, 2.45) is 5.92 Å². The average molecular weight is 542 g/mol. The number of anilines is 2. The van der Waals surface area contributed by atoms with E-state index in [2.05, 4.69) is 10.6 Å². The summed E-state index contributed by atoms with van der Waals surface area (Å²) in [5, 5.41) is 6.31. The topological polar surface area (TPSA) is 97.0 Å². The number of amides is 3. The Hall–Kier alpha value is -3.75. The first-order valence-electron chi connectivity index (χ1n) is 11.5. The number of halogens is 2. The minimum Gasteiger partial charge on any atom is -0.497 e. The monoisotopic (exact) mass is 541 g/mol. The van der Waals surface area contributed by atoms with E-state index in [4.69, 9.17) is 32.7 Å². The van der Waals surface area contributed by atoms with Crippen LogP contribution < -0.4 is 25.0 Å². The van der Waals surface area contributed by atoms with Gasteiger partial charge in [0, 0.05) is 30.9 Å². The molecule has 10 heteroatoms. The first-order valence-corrected chi connectivity index (χ1v) is 12.3. The van der Waals surface area contributed by atoms with Crippen LogP contribution in [0.5, 0.6) is 11.5 Å². The van der Waals surface area contributed by atoms with Crippen LogP contribution in [-0.4, -0.2) is 38.0 Å². The lowest BCUT2D eigenvalue weighted by atomic mass is 10.1. The van der Waals surface area contributed by atoms with Gasteiger partial charge in [-0.1, -0.05) is 35.3 Å². The fraction of sp³-hybridized carbons (Fsp3) is 0.222. The van der Waals surface area contributed by atoms with E-state index in [1.54, 1.807) is 54.5 Å². The van der Waals surface area contributed by atoms with Gasteiger partial charge in [-0.3, -0.25) is 14.4 Å². The van der Waals surface area contributed by atoms with E-state index in [0.717, 1.165) is 11.3 Å². The molecule has 192 valence electrons. The van der Waals surface area contributed by atoms with E-state index < -0.39 is 5.92 Å². The summed E-state index contributed by atoms with van der Waals surface area (Å²) in [5.41, 5.74) is 2.10. The number of carbonyl (C=O) groups is 3. The van der Waals surface area contributed by atoms with E-state index in [9.17, 15) is 14.4 Å². The number of nitrogens with zero attached hydrogens (tertiary/aromatic N) is 1. The van der Waals surface area contributed by atoms with Gasteiger partial charge in [0.25, 0.3) is 5.91 Å². The smallest absolute Gasteiger partial charge is 0.262 e. The summed E-state index contributed by atoms with van der Waals surface area (Å²) in [6.45, 7) is 0.455. The van der Waals surface area contributed by atoms with E-state index in [1.807, 2.05) is 24.3 Å². The molecule has 3 aromatic rings. The maximum absolute atomic E-state index is 12.6. The number of carbonyl (C=O) groups excluding carboxylic acids is 3. The molecule has 1 heterocycles. The number of rotatable bonds is 9. The van der Waals surface area contributed by atoms with Crippen molar-refractivity contribution in [2.45, 2.75) is 13.0 Å². The second-order valence-corrected chi connectivity index (χ2v) is 9.25. The Morgan fingerprint density at radius 2 is 1.68 bits per heavy atom. The largest absolute Gasteiger partial charge is 0.497 e. The highest BCUT2D eigenvalue weighted by Gasteiger charge is 2.35. The average Bonchev–Trinajstić information content (AvgIpc) is 3.30. The van der Waals surface area contributed by atoms with Crippen LogP contribution in [-0.2, 0) is 20.9 Å². The second-order valence-electron chi connectivity index (χ2n) is 8.43. The van der Waals surface area contributed by atoms with Crippen molar-refractivity contribution in [3.63, 3.8) is 0 Å². The third-order valence-electron chi connectivity index (χ3n) is 5.84. The lowest BCUT2D eigenvalue weighted by Gasteiger charge is -2.17. The van der Waals surface area contributed by atoms with Gasteiger partial charge in [0.15, 0.2) is 6.61 Å². The first kappa shape index (κ1) is 26.3. The van der Waals surface area contributed by atoms with Crippen molar-refractivity contribution in [2.75, 3.05) is 30.5 Å². The van der Waals surface area contributed by atoms with Gasteiger partial charge in [-0.2, -0.15) is 0 Å². The lowest BCUT2D eigenvalue weighted by Crippen LogP contribution is -2.32. The summed E-state index contributed by atoms with van der Waals surface area (Å²) in [5.74, 6) is 0.120. The van der Waals surface area contributed by atoms with Gasteiger partial charge in [0.05, 0.1) is 23.1 Å². The third kappa shape index (κ3) is 6.93. The van der Waals surface area contributed by atoms with Crippen molar-refractivity contribution >= 4 is 52.3 Å². The van der Waals surface area contributed by atoms with Crippen LogP contribution in [0, 0.1) is 5.92 Å². The number of nitrogens with one attached hydrogen (secondary N) is 2. The molecule has 1 aliphatic rings. The van der Waals surface area contributed by atoms with Gasteiger partial charge < -0.3 is 25.0 Å². The SMILES string of the molecule is COc1ccc(CNC(=O)[C@@H]2CC(=O)N(c3ccc(OCC(=O)Nc4ccc(Cl)c(Cl)c4)cc3)C2)cc1. The molecule has 0 bridgehead atoms. The van der Waals surface area contributed by atoms with Crippen LogP contribution in [0.1, 0.15) is 12.0 Å². The van der Waals surface area contributed by atoms with Gasteiger partial charge in [-0.05, 0) is 60.2 Å². The molecule has 3 aromatic carbocycles. The van der Waals surface area contributed by atoms with Crippen LogP contribution in [0.25, 0.3) is 0 Å². The molecular formula is C27H25Cl2N3O5. The summed E-state index contributed by atoms with van der Waals surface area (Å²) in [6, 6.07) is 19.0. The zero-order valence-corrected chi connectivity index (χ0v) is 21.5. The van der Waals surface area contributed by atoms with Crippen molar-refractivity contribution in [3.05, 3.63) is 82.3 Å². The normalized spacial score (nSPS) is 14.8. The highest BCUT2D eigenvalue weighted by Crippen LogP contribution is 2.28. The molecule has 0 spiro atoms. The van der Waals surface area contributed by atoms with Gasteiger partial charge >= 0.3 is 0 Å². The Balaban J connectivity index is 1.26. The molecule has 2 N–H and O–H groups in total. The molecule has 1 aliphatic heterocycles. The van der Waals surface area contributed by atoms with Crippen molar-refractivity contribution in [3.8, 4) is 11.5 Å². The van der Waals surface area contributed by atoms with Crippen molar-refractivity contribution < 1.29 is 23.9 Å². The summed E-state index contributed by atoms with van der Waals surface area (Å²) in [6.07, 6.45) is 0.140. The Morgan fingerprint density at radius 1 is 0.973 bits per heavy atom. The van der Waals surface area contributed by atoms with Crippen molar-refractivity contribution in [1.82, 2.24) is 5.32 Å². The number of hydrogen-bond donors (Lipinski definition) is 2. The van der Waals surface area contributed by atoms with E-state index in [0.29, 0.717) is 40.3 Å². The molecule has 37 heavy (non-hydrogen) atoms. The maximum Gasteiger partial charge on any atom is 0.262 e. The number of ether oxygens (including phenoxy) is 2. The molecule has 0 saturated carbocycles. The third-order valence-corrected chi connectivity index (χ3v) is 6.58. The van der Waals surface area contributed by atoms with Crippen LogP contribution in [0.15, 0.2) is 66.7 Å². The summed E-state index contributed by atoms with van der Waals surface area (Å²) in [7, 11) is 1.60. The Kier molecular flexibility index (Phi) is 8.53. The molecule has 0 aromatic heterocycles. The minimum absolute atomic E-state index is 0.126. The first-order chi connectivity index (χ1) is 17.8. The van der Waals surface area contributed by atoms with Crippen LogP contribution in [0.4, 0.5) is 11.4 Å². The fourth-order valence-corrected chi connectivity index (χ4v) is 4.15. The number of methoxy groups -OCH3 is 1. The van der Waals surface area contributed by atoms with Gasteiger partial charge in [0.2, 0.25) is 11.8 Å². The summed E-state index contributed by atoms with van der Waals surface area (Å²) in [4.78, 5) is 39.0. The van der Waals surface area contributed by atoms with Crippen LogP contribution >= 0.6 is 23.2 Å². The fourth-order valence-electron chi connectivity index (χ4n) is 3.85. The molecule has 1 saturated heterocycles. The van der Waals surface area contributed by atoms with Gasteiger partial charge in [0.1, 0.15) is 11.5 Å². The van der Waals surface area contributed by atoms with E-state index in [1.165, 1.54) is 0 Å². The summed E-state index contributed by atoms with van der Waals surface area (Å²) < 4.78 is 10.7. The molecule has 3 amide bonds. The maximum atomic E-state index is 12.6. The predicted molar refractivity (Wildman–Crippen MR) is 142 cm³/mol. The molecule has 0 radical (unpaired) electrons. The quantitative estimate of drug-likeness (QED) is 0.409. The zero-order chi connectivity index (χ0) is 26.4. The Bertz CT molecular complexity index is 1280. The standard InChI is InChI=1S/C27H25Cl2N3O5/c1-36-21-7-2-17(3-8-21)14-30-27(35)18-12-26(34)32(15-18)20-5-9-22(10-6-20)37-16-25(33)31-19-4-11-23(28)24(29)13-19/h2-11,13,18H,12,14-16H2,1H3,(H,30,35)(H,31,33)/t18-/m1/s1. The Morgan fingerprint density at radius 3 is 2.35 bits per heavy atom. The number of hydrogen-bond acceptors (Lipinski definition) is 5. The molecule has 0 aliphatic carbocycles. The van der Waals surface area contributed by atoms with Crippen molar-refractivity contribution in [1.29, 1.82) is 0 Å². The predicted octanol–water partition coefficient (Wildman–Crippen LogP) is 4.69. The lowest BCUT2D eigenvalue weighted by molar-refractivity contribution is -0.126. The molecule has 1 atom stereocenters. The summed E-state index contributed by atoms with van der Waals surface area (Å²) >= 11 is 11.8. The molecule has 1 fully saturated rings. The second kappa shape index (κ2) is 12.0. The van der Waals surface area contributed by atoms with Crippen LogP contribution in [0.2, 0.25) is 10.0 Å².